The Morgan fingerprint density at radius 1 is 1.44 bits per heavy atom. The van der Waals surface area contributed by atoms with Crippen LogP contribution in [-0.2, 0) is 4.74 Å². The molecule has 0 aliphatic heterocycles. The van der Waals surface area contributed by atoms with E-state index in [0.717, 1.165) is 0 Å². The molecule has 0 bridgehead atoms. The molecule has 2 heterocycles. The summed E-state index contributed by atoms with van der Waals surface area (Å²) in [5, 5.41) is 3.63. The number of ether oxygens (including phenoxy) is 1. The molecule has 0 amide bonds. The van der Waals surface area contributed by atoms with Crippen molar-refractivity contribution in [3.63, 3.8) is 0 Å². The van der Waals surface area contributed by atoms with Crippen molar-refractivity contribution in [2.24, 2.45) is 0 Å². The molecule has 0 aromatic carbocycles. The van der Waals surface area contributed by atoms with Crippen molar-refractivity contribution in [2.45, 2.75) is 26.9 Å². The highest BCUT2D eigenvalue weighted by Gasteiger charge is 2.22. The molecule has 0 saturated heterocycles. The zero-order chi connectivity index (χ0) is 13.3. The molecule has 6 nitrogen and oxygen atoms in total. The van der Waals surface area contributed by atoms with Gasteiger partial charge >= 0.3 is 5.97 Å². The Kier molecular flexibility index (Phi) is 3.63. The number of esters is 1. The molecule has 8 heteroatoms. The molecule has 0 spiro atoms. The fourth-order valence-corrected chi connectivity index (χ4v) is 2.35. The van der Waals surface area contributed by atoms with E-state index in [-0.39, 0.29) is 11.6 Å². The van der Waals surface area contributed by atoms with Gasteiger partial charge in [-0.15, -0.1) is 11.3 Å². The van der Waals surface area contributed by atoms with Gasteiger partial charge in [0.15, 0.2) is 22.1 Å². The molecule has 0 aliphatic carbocycles. The first kappa shape index (κ1) is 13.0. The molecule has 2 aromatic heterocycles. The zero-order valence-corrected chi connectivity index (χ0v) is 11.5. The number of hydrogen-bond acceptors (Lipinski definition) is 7. The fraction of sp³-hybridized carbons (Fsp3) is 0.400. The minimum Gasteiger partial charge on any atom is -0.448 e. The first-order valence-electron chi connectivity index (χ1n) is 5.11. The predicted octanol–water partition coefficient (Wildman–Crippen LogP) is 2.71. The third-order valence-electron chi connectivity index (χ3n) is 2.14. The molecule has 0 fully saturated rings. The van der Waals surface area contributed by atoms with Crippen LogP contribution in [0.15, 0.2) is 4.52 Å². The molecule has 2 aromatic rings. The summed E-state index contributed by atoms with van der Waals surface area (Å²) in [6.07, 6.45) is -0.626. The number of aromatic nitrogens is 3. The van der Waals surface area contributed by atoms with Gasteiger partial charge in [-0.2, -0.15) is 4.98 Å². The molecule has 1 unspecified atom stereocenters. The molecule has 0 aliphatic rings. The number of thiazole rings is 1. The van der Waals surface area contributed by atoms with Gasteiger partial charge < -0.3 is 9.26 Å². The molecular formula is C10H10ClN3O3S. The summed E-state index contributed by atoms with van der Waals surface area (Å²) in [4.78, 5) is 20.4. The Bertz CT molecular complexity index is 581. The maximum Gasteiger partial charge on any atom is 0.358 e. The van der Waals surface area contributed by atoms with Crippen LogP contribution in [0, 0.1) is 13.8 Å². The maximum atomic E-state index is 11.8. The topological polar surface area (TPSA) is 78.1 Å². The summed E-state index contributed by atoms with van der Waals surface area (Å²) < 4.78 is 10.4. The normalized spacial score (nSPS) is 12.4. The standard InChI is InChI=1S/C10H10ClN3O3S/c1-4(8-12-6(3)14-17-8)16-9(15)7-5(2)18-10(11)13-7/h4H,1-3H3. The number of halogens is 1. The first-order chi connectivity index (χ1) is 8.47. The minimum absolute atomic E-state index is 0.216. The van der Waals surface area contributed by atoms with Crippen LogP contribution in [-0.4, -0.2) is 21.1 Å². The van der Waals surface area contributed by atoms with Crippen LogP contribution in [0.3, 0.4) is 0 Å². The first-order valence-corrected chi connectivity index (χ1v) is 6.31. The molecule has 0 N–H and O–H groups in total. The average Bonchev–Trinajstić information content (AvgIpc) is 2.84. The lowest BCUT2D eigenvalue weighted by molar-refractivity contribution is 0.0258. The molecule has 96 valence electrons. The van der Waals surface area contributed by atoms with Gasteiger partial charge in [0.2, 0.25) is 0 Å². The van der Waals surface area contributed by atoms with Gasteiger partial charge in [-0.1, -0.05) is 16.8 Å². The number of rotatable bonds is 3. The van der Waals surface area contributed by atoms with E-state index in [1.165, 1.54) is 11.3 Å². The predicted molar refractivity (Wildman–Crippen MR) is 64.7 cm³/mol. The van der Waals surface area contributed by atoms with Crippen molar-refractivity contribution in [2.75, 3.05) is 0 Å². The highest BCUT2D eigenvalue weighted by atomic mass is 35.5. The van der Waals surface area contributed by atoms with Gasteiger partial charge in [-0.25, -0.2) is 9.78 Å². The Labute approximate surface area is 112 Å². The summed E-state index contributed by atoms with van der Waals surface area (Å²) in [6.45, 7) is 5.09. The third kappa shape index (κ3) is 2.68. The number of aryl methyl sites for hydroxylation is 2. The van der Waals surface area contributed by atoms with Crippen molar-refractivity contribution >= 4 is 28.9 Å². The van der Waals surface area contributed by atoms with E-state index >= 15 is 0 Å². The molecule has 2 rings (SSSR count). The van der Waals surface area contributed by atoms with Crippen molar-refractivity contribution < 1.29 is 14.1 Å². The Balaban J connectivity index is 2.10. The lowest BCUT2D eigenvalue weighted by Crippen LogP contribution is -2.11. The van der Waals surface area contributed by atoms with Crippen LogP contribution in [0.2, 0.25) is 4.47 Å². The molecule has 1 atom stereocenters. The van der Waals surface area contributed by atoms with Crippen LogP contribution < -0.4 is 0 Å². The van der Waals surface area contributed by atoms with Crippen molar-refractivity contribution in [3.8, 4) is 0 Å². The van der Waals surface area contributed by atoms with Gasteiger partial charge in [0.1, 0.15) is 0 Å². The Hall–Kier alpha value is -1.47. The number of hydrogen-bond donors (Lipinski definition) is 0. The summed E-state index contributed by atoms with van der Waals surface area (Å²) in [7, 11) is 0. The van der Waals surface area contributed by atoms with Crippen LogP contribution in [0.1, 0.15) is 40.1 Å². The van der Waals surface area contributed by atoms with E-state index in [1.807, 2.05) is 0 Å². The third-order valence-corrected chi connectivity index (χ3v) is 3.21. The van der Waals surface area contributed by atoms with Crippen LogP contribution in [0.4, 0.5) is 0 Å². The number of carbonyl (C=O) groups excluding carboxylic acids is 1. The van der Waals surface area contributed by atoms with E-state index in [9.17, 15) is 4.79 Å². The number of nitrogens with zero attached hydrogens (tertiary/aromatic N) is 3. The van der Waals surface area contributed by atoms with E-state index in [2.05, 4.69) is 15.1 Å². The summed E-state index contributed by atoms with van der Waals surface area (Å²) in [5.41, 5.74) is 0.216. The molecule has 18 heavy (non-hydrogen) atoms. The van der Waals surface area contributed by atoms with Gasteiger partial charge in [-0.05, 0) is 20.8 Å². The SMILES string of the molecule is Cc1noc(C(C)OC(=O)c2nc(Cl)sc2C)n1. The summed E-state index contributed by atoms with van der Waals surface area (Å²) in [5.74, 6) is 0.180. The van der Waals surface area contributed by atoms with Gasteiger partial charge in [0.05, 0.1) is 0 Å². The van der Waals surface area contributed by atoms with Gasteiger partial charge in [0.25, 0.3) is 5.89 Å². The largest absolute Gasteiger partial charge is 0.448 e. The van der Waals surface area contributed by atoms with Crippen LogP contribution >= 0.6 is 22.9 Å². The highest BCUT2D eigenvalue weighted by molar-refractivity contribution is 7.15. The van der Waals surface area contributed by atoms with Gasteiger partial charge in [0, 0.05) is 4.88 Å². The smallest absolute Gasteiger partial charge is 0.358 e. The van der Waals surface area contributed by atoms with Crippen LogP contribution in [0.25, 0.3) is 0 Å². The van der Waals surface area contributed by atoms with E-state index < -0.39 is 12.1 Å². The van der Waals surface area contributed by atoms with Crippen molar-refractivity contribution in [1.29, 1.82) is 0 Å². The second-order valence-corrected chi connectivity index (χ2v) is 5.38. The second-order valence-electron chi connectivity index (χ2n) is 3.60. The fourth-order valence-electron chi connectivity index (χ4n) is 1.30. The minimum atomic E-state index is -0.626. The van der Waals surface area contributed by atoms with E-state index in [0.29, 0.717) is 15.2 Å². The highest BCUT2D eigenvalue weighted by Crippen LogP contribution is 2.24. The van der Waals surface area contributed by atoms with Crippen LogP contribution in [0.5, 0.6) is 0 Å². The summed E-state index contributed by atoms with van der Waals surface area (Å²) >= 11 is 6.95. The monoisotopic (exact) mass is 287 g/mol. The summed E-state index contributed by atoms with van der Waals surface area (Å²) in [6, 6.07) is 0. The molecule has 0 radical (unpaired) electrons. The lowest BCUT2D eigenvalue weighted by Gasteiger charge is -2.07. The van der Waals surface area contributed by atoms with Crippen molar-refractivity contribution in [1.82, 2.24) is 15.1 Å². The zero-order valence-electron chi connectivity index (χ0n) is 9.93. The van der Waals surface area contributed by atoms with Gasteiger partial charge in [-0.3, -0.25) is 0 Å². The van der Waals surface area contributed by atoms with E-state index in [4.69, 9.17) is 20.9 Å². The quantitative estimate of drug-likeness (QED) is 0.808. The number of carbonyl (C=O) groups is 1. The second kappa shape index (κ2) is 5.03. The molecular weight excluding hydrogens is 278 g/mol. The maximum absolute atomic E-state index is 11.8. The molecule has 0 saturated carbocycles. The average molecular weight is 288 g/mol. The van der Waals surface area contributed by atoms with E-state index in [1.54, 1.807) is 20.8 Å². The Morgan fingerprint density at radius 2 is 2.17 bits per heavy atom. The Morgan fingerprint density at radius 3 is 2.67 bits per heavy atom. The van der Waals surface area contributed by atoms with Crippen molar-refractivity contribution in [3.05, 3.63) is 26.8 Å². The lowest BCUT2D eigenvalue weighted by atomic mass is 10.3.